The van der Waals surface area contributed by atoms with Gasteiger partial charge in [-0.1, -0.05) is 18.2 Å². The van der Waals surface area contributed by atoms with E-state index in [0.717, 1.165) is 24.3 Å². The number of aromatic nitrogens is 2. The van der Waals surface area contributed by atoms with Gasteiger partial charge in [-0.25, -0.2) is 9.07 Å². The molecule has 11 heteroatoms. The predicted molar refractivity (Wildman–Crippen MR) is 95.8 cm³/mol. The number of nitrogens with zero attached hydrogens (tertiary/aromatic N) is 2. The van der Waals surface area contributed by atoms with Gasteiger partial charge >= 0.3 is 12.4 Å². The molecule has 164 valence electrons. The zero-order valence-corrected chi connectivity index (χ0v) is 15.7. The highest BCUT2D eigenvalue weighted by molar-refractivity contribution is 5.95. The van der Waals surface area contributed by atoms with Gasteiger partial charge in [0.25, 0.3) is 5.91 Å². The smallest absolute Gasteiger partial charge is 0.345 e. The Kier molecular flexibility index (Phi) is 5.79. The first-order chi connectivity index (χ1) is 14.4. The molecule has 31 heavy (non-hydrogen) atoms. The number of amides is 1. The van der Waals surface area contributed by atoms with Crippen LogP contribution in [0.4, 0.5) is 30.7 Å². The maximum absolute atomic E-state index is 13.7. The van der Waals surface area contributed by atoms with Crippen LogP contribution in [0.25, 0.3) is 5.69 Å². The van der Waals surface area contributed by atoms with E-state index in [9.17, 15) is 35.5 Å². The number of hydrogen-bond acceptors (Lipinski definition) is 2. The van der Waals surface area contributed by atoms with E-state index in [2.05, 4.69) is 10.4 Å². The van der Waals surface area contributed by atoms with Gasteiger partial charge in [-0.3, -0.25) is 4.79 Å². The number of benzene rings is 2. The van der Waals surface area contributed by atoms with Gasteiger partial charge in [0.2, 0.25) is 0 Å². The van der Waals surface area contributed by atoms with Crippen molar-refractivity contribution >= 4 is 5.91 Å². The minimum atomic E-state index is -5.09. The molecule has 0 bridgehead atoms. The molecule has 0 fully saturated rings. The number of alkyl halides is 6. The largest absolute Gasteiger partial charge is 0.434 e. The minimum absolute atomic E-state index is 0.243. The molecule has 1 aromatic heterocycles. The fraction of sp³-hybridized carbons (Fsp3) is 0.200. The molecule has 1 unspecified atom stereocenters. The Hall–Kier alpha value is -3.37. The van der Waals surface area contributed by atoms with E-state index in [1.165, 1.54) is 19.1 Å². The van der Waals surface area contributed by atoms with Crippen LogP contribution in [0.3, 0.4) is 0 Å². The van der Waals surface area contributed by atoms with E-state index in [0.29, 0.717) is 23.9 Å². The molecule has 0 aliphatic heterocycles. The lowest BCUT2D eigenvalue weighted by Gasteiger charge is -2.16. The Bertz CT molecular complexity index is 1090. The van der Waals surface area contributed by atoms with Gasteiger partial charge in [-0.05, 0) is 42.8 Å². The highest BCUT2D eigenvalue weighted by Crippen LogP contribution is 2.35. The molecule has 3 rings (SSSR count). The van der Waals surface area contributed by atoms with Crippen LogP contribution < -0.4 is 5.32 Å². The van der Waals surface area contributed by atoms with Crippen molar-refractivity contribution in [1.82, 2.24) is 15.1 Å². The predicted octanol–water partition coefficient (Wildman–Crippen LogP) is 5.54. The molecule has 0 saturated carbocycles. The molecule has 4 nitrogen and oxygen atoms in total. The molecule has 0 saturated heterocycles. The van der Waals surface area contributed by atoms with Crippen molar-refractivity contribution < 1.29 is 35.5 Å². The zero-order valence-electron chi connectivity index (χ0n) is 15.7. The molecule has 2 aromatic carbocycles. The van der Waals surface area contributed by atoms with Crippen LogP contribution in [0.2, 0.25) is 0 Å². The maximum Gasteiger partial charge on any atom is 0.434 e. The van der Waals surface area contributed by atoms with Crippen LogP contribution in [0.5, 0.6) is 0 Å². The van der Waals surface area contributed by atoms with Crippen LogP contribution >= 0.6 is 0 Å². The van der Waals surface area contributed by atoms with E-state index < -0.39 is 52.6 Å². The van der Waals surface area contributed by atoms with Crippen LogP contribution in [0.1, 0.15) is 40.1 Å². The zero-order chi connectivity index (χ0) is 23.0. The quantitative estimate of drug-likeness (QED) is 0.536. The van der Waals surface area contributed by atoms with Crippen molar-refractivity contribution in [1.29, 1.82) is 0 Å². The first kappa shape index (κ1) is 22.3. The van der Waals surface area contributed by atoms with Crippen LogP contribution in [-0.2, 0) is 12.4 Å². The first-order valence-electron chi connectivity index (χ1n) is 8.77. The van der Waals surface area contributed by atoms with Crippen molar-refractivity contribution in [3.05, 3.63) is 82.9 Å². The summed E-state index contributed by atoms with van der Waals surface area (Å²) in [6, 6.07) is 7.37. The number of carbonyl (C=O) groups is 1. The number of halogens is 7. The number of carbonyl (C=O) groups excluding carboxylic acids is 1. The van der Waals surface area contributed by atoms with E-state index in [1.807, 2.05) is 0 Å². The molecule has 1 heterocycles. The summed E-state index contributed by atoms with van der Waals surface area (Å²) in [6.07, 6.45) is -9.22. The Morgan fingerprint density at radius 1 is 1.00 bits per heavy atom. The summed E-state index contributed by atoms with van der Waals surface area (Å²) in [5, 5.41) is 5.86. The average molecular weight is 445 g/mol. The Labute approximate surface area is 171 Å². The van der Waals surface area contributed by atoms with Gasteiger partial charge in [0, 0.05) is 0 Å². The fourth-order valence-corrected chi connectivity index (χ4v) is 2.91. The second-order valence-electron chi connectivity index (χ2n) is 6.61. The summed E-state index contributed by atoms with van der Waals surface area (Å²) in [6.45, 7) is 1.48. The third-order valence-electron chi connectivity index (χ3n) is 4.42. The molecular weight excluding hydrogens is 431 g/mol. The lowest BCUT2D eigenvalue weighted by atomic mass is 10.1. The van der Waals surface area contributed by atoms with Crippen molar-refractivity contribution in [2.75, 3.05) is 0 Å². The first-order valence-corrected chi connectivity index (χ1v) is 8.77. The SMILES string of the molecule is CC(NC(=O)c1cnn(-c2cccc(C(F)(F)F)c2)c1C(F)(F)F)c1ccc(F)cc1. The van der Waals surface area contributed by atoms with Crippen molar-refractivity contribution in [2.45, 2.75) is 25.3 Å². The summed E-state index contributed by atoms with van der Waals surface area (Å²) < 4.78 is 93.3. The van der Waals surface area contributed by atoms with Gasteiger partial charge in [0.05, 0.1) is 29.1 Å². The van der Waals surface area contributed by atoms with Crippen molar-refractivity contribution in [3.63, 3.8) is 0 Å². The van der Waals surface area contributed by atoms with Gasteiger partial charge in [-0.2, -0.15) is 31.4 Å². The van der Waals surface area contributed by atoms with Crippen molar-refractivity contribution in [3.8, 4) is 5.69 Å². The third-order valence-corrected chi connectivity index (χ3v) is 4.42. The van der Waals surface area contributed by atoms with Gasteiger partial charge in [0.15, 0.2) is 5.69 Å². The lowest BCUT2D eigenvalue weighted by Crippen LogP contribution is -2.29. The Morgan fingerprint density at radius 3 is 2.23 bits per heavy atom. The van der Waals surface area contributed by atoms with Crippen LogP contribution in [-0.4, -0.2) is 15.7 Å². The van der Waals surface area contributed by atoms with E-state index >= 15 is 0 Å². The highest BCUT2D eigenvalue weighted by atomic mass is 19.4. The third kappa shape index (κ3) is 4.86. The Morgan fingerprint density at radius 2 is 1.65 bits per heavy atom. The van der Waals surface area contributed by atoms with Gasteiger partial charge in [0.1, 0.15) is 5.82 Å². The molecule has 1 amide bonds. The summed E-state index contributed by atoms with van der Waals surface area (Å²) >= 11 is 0. The molecule has 0 aliphatic carbocycles. The topological polar surface area (TPSA) is 46.9 Å². The molecule has 3 aromatic rings. The summed E-state index contributed by atoms with van der Waals surface area (Å²) in [4.78, 5) is 12.5. The summed E-state index contributed by atoms with van der Waals surface area (Å²) in [5.74, 6) is -1.66. The van der Waals surface area contributed by atoms with E-state index in [1.54, 1.807) is 0 Å². The number of rotatable bonds is 4. The normalized spacial score (nSPS) is 13.2. The van der Waals surface area contributed by atoms with E-state index in [4.69, 9.17) is 0 Å². The van der Waals surface area contributed by atoms with E-state index in [-0.39, 0.29) is 4.68 Å². The summed E-state index contributed by atoms with van der Waals surface area (Å²) in [7, 11) is 0. The Balaban J connectivity index is 1.98. The number of hydrogen-bond donors (Lipinski definition) is 1. The fourth-order valence-electron chi connectivity index (χ4n) is 2.91. The van der Waals surface area contributed by atoms with Crippen molar-refractivity contribution in [2.24, 2.45) is 0 Å². The minimum Gasteiger partial charge on any atom is -0.345 e. The maximum atomic E-state index is 13.7. The molecule has 1 N–H and O–H groups in total. The molecule has 0 spiro atoms. The van der Waals surface area contributed by atoms with Crippen LogP contribution in [0, 0.1) is 5.82 Å². The van der Waals surface area contributed by atoms with Gasteiger partial charge in [-0.15, -0.1) is 0 Å². The monoisotopic (exact) mass is 445 g/mol. The second-order valence-corrected chi connectivity index (χ2v) is 6.61. The standard InChI is InChI=1S/C20H14F7N3O/c1-11(12-5-7-14(21)8-6-12)29-18(31)16-10-28-30(17(16)20(25,26)27)15-4-2-3-13(9-15)19(22,23)24/h2-11H,1H3,(H,29,31). The van der Waals surface area contributed by atoms with Crippen LogP contribution in [0.15, 0.2) is 54.7 Å². The molecular formula is C20H14F7N3O. The molecule has 0 radical (unpaired) electrons. The molecule has 0 aliphatic rings. The van der Waals surface area contributed by atoms with Gasteiger partial charge < -0.3 is 5.32 Å². The lowest BCUT2D eigenvalue weighted by molar-refractivity contribution is -0.143. The molecule has 1 atom stereocenters. The second kappa shape index (κ2) is 8.05. The highest BCUT2D eigenvalue weighted by Gasteiger charge is 2.41. The average Bonchev–Trinajstić information content (AvgIpc) is 3.14. The number of nitrogens with one attached hydrogen (secondary N) is 1. The summed E-state index contributed by atoms with van der Waals surface area (Å²) in [5.41, 5.74) is -3.61.